The first-order valence-corrected chi connectivity index (χ1v) is 8.16. The SMILES string of the molecule is Cc1nnc(SCC(=O)O)n1C1CCS(=O)(=O)C1. The summed E-state index contributed by atoms with van der Waals surface area (Å²) in [6.45, 7) is 1.74. The molecule has 1 aliphatic heterocycles. The van der Waals surface area contributed by atoms with Crippen molar-refractivity contribution in [2.45, 2.75) is 24.5 Å². The van der Waals surface area contributed by atoms with E-state index < -0.39 is 15.8 Å². The molecule has 100 valence electrons. The normalized spacial score (nSPS) is 22.2. The Kier molecular flexibility index (Phi) is 3.62. The predicted octanol–water partition coefficient (Wildman–Crippen LogP) is 0.123. The summed E-state index contributed by atoms with van der Waals surface area (Å²) >= 11 is 1.06. The van der Waals surface area contributed by atoms with Gasteiger partial charge in [0.1, 0.15) is 5.82 Å². The highest BCUT2D eigenvalue weighted by molar-refractivity contribution is 7.99. The van der Waals surface area contributed by atoms with Crippen LogP contribution in [0.5, 0.6) is 0 Å². The summed E-state index contributed by atoms with van der Waals surface area (Å²) in [6.07, 6.45) is 0.530. The third-order valence-electron chi connectivity index (χ3n) is 2.73. The Balaban J connectivity index is 2.22. The maximum atomic E-state index is 11.5. The molecule has 2 rings (SSSR count). The van der Waals surface area contributed by atoms with Gasteiger partial charge in [-0.1, -0.05) is 11.8 Å². The van der Waals surface area contributed by atoms with Crippen LogP contribution in [-0.2, 0) is 14.6 Å². The van der Waals surface area contributed by atoms with Crippen molar-refractivity contribution in [1.82, 2.24) is 14.8 Å². The lowest BCUT2D eigenvalue weighted by atomic mass is 10.2. The van der Waals surface area contributed by atoms with E-state index in [1.54, 1.807) is 11.5 Å². The minimum Gasteiger partial charge on any atom is -0.481 e. The summed E-state index contributed by atoms with van der Waals surface area (Å²) < 4.78 is 24.7. The minimum absolute atomic E-state index is 0.0759. The van der Waals surface area contributed by atoms with E-state index in [2.05, 4.69) is 10.2 Å². The molecule has 0 aliphatic carbocycles. The second kappa shape index (κ2) is 4.88. The zero-order valence-corrected chi connectivity index (χ0v) is 11.4. The van der Waals surface area contributed by atoms with Gasteiger partial charge in [0.25, 0.3) is 0 Å². The van der Waals surface area contributed by atoms with E-state index in [4.69, 9.17) is 5.11 Å². The fraction of sp³-hybridized carbons (Fsp3) is 0.667. The van der Waals surface area contributed by atoms with Crippen molar-refractivity contribution in [3.05, 3.63) is 5.82 Å². The van der Waals surface area contributed by atoms with Gasteiger partial charge in [0.15, 0.2) is 15.0 Å². The second-order valence-electron chi connectivity index (χ2n) is 4.14. The highest BCUT2D eigenvalue weighted by Crippen LogP contribution is 2.29. The monoisotopic (exact) mass is 291 g/mol. The minimum atomic E-state index is -2.99. The molecule has 1 atom stereocenters. The number of nitrogens with zero attached hydrogens (tertiary/aromatic N) is 3. The third-order valence-corrected chi connectivity index (χ3v) is 5.41. The van der Waals surface area contributed by atoms with Crippen molar-refractivity contribution in [2.75, 3.05) is 17.3 Å². The summed E-state index contributed by atoms with van der Waals surface area (Å²) in [5.74, 6) is -0.196. The van der Waals surface area contributed by atoms with Crippen LogP contribution in [0.15, 0.2) is 5.16 Å². The Morgan fingerprint density at radius 3 is 2.83 bits per heavy atom. The van der Waals surface area contributed by atoms with Crippen LogP contribution in [0, 0.1) is 6.92 Å². The zero-order chi connectivity index (χ0) is 13.3. The molecule has 1 aromatic rings. The van der Waals surface area contributed by atoms with Gasteiger partial charge in [0, 0.05) is 0 Å². The summed E-state index contributed by atoms with van der Waals surface area (Å²) in [5, 5.41) is 16.9. The van der Waals surface area contributed by atoms with Crippen molar-refractivity contribution in [1.29, 1.82) is 0 Å². The maximum absolute atomic E-state index is 11.5. The Morgan fingerprint density at radius 1 is 1.56 bits per heavy atom. The molecule has 1 saturated heterocycles. The first-order valence-electron chi connectivity index (χ1n) is 5.35. The Hall–Kier alpha value is -1.09. The lowest BCUT2D eigenvalue weighted by Gasteiger charge is -2.13. The summed E-state index contributed by atoms with van der Waals surface area (Å²) in [6, 6.07) is -0.179. The number of aromatic nitrogens is 3. The molecule has 0 bridgehead atoms. The van der Waals surface area contributed by atoms with Crippen LogP contribution in [0.4, 0.5) is 0 Å². The molecule has 0 radical (unpaired) electrons. The van der Waals surface area contributed by atoms with Crippen LogP contribution in [-0.4, -0.2) is 51.5 Å². The smallest absolute Gasteiger partial charge is 0.313 e. The van der Waals surface area contributed by atoms with Crippen molar-refractivity contribution in [3.8, 4) is 0 Å². The van der Waals surface area contributed by atoms with Gasteiger partial charge < -0.3 is 9.67 Å². The van der Waals surface area contributed by atoms with E-state index in [0.717, 1.165) is 11.8 Å². The number of aryl methyl sites for hydroxylation is 1. The molecule has 2 heterocycles. The number of hydrogen-bond donors (Lipinski definition) is 1. The number of carboxylic acids is 1. The number of aliphatic carboxylic acids is 1. The van der Waals surface area contributed by atoms with Gasteiger partial charge in [0.2, 0.25) is 0 Å². The van der Waals surface area contributed by atoms with Crippen molar-refractivity contribution in [2.24, 2.45) is 0 Å². The second-order valence-corrected chi connectivity index (χ2v) is 7.31. The van der Waals surface area contributed by atoms with Crippen molar-refractivity contribution >= 4 is 27.6 Å². The molecule has 0 spiro atoms. The predicted molar refractivity (Wildman–Crippen MR) is 65.4 cm³/mol. The fourth-order valence-corrected chi connectivity index (χ4v) is 4.45. The van der Waals surface area contributed by atoms with Gasteiger partial charge in [-0.25, -0.2) is 8.42 Å². The van der Waals surface area contributed by atoms with E-state index in [0.29, 0.717) is 17.4 Å². The van der Waals surface area contributed by atoms with Crippen LogP contribution in [0.1, 0.15) is 18.3 Å². The van der Waals surface area contributed by atoms with Crippen molar-refractivity contribution in [3.63, 3.8) is 0 Å². The standard InChI is InChI=1S/C9H13N3O4S2/c1-6-10-11-9(17-4-8(13)14)12(6)7-2-3-18(15,16)5-7/h7H,2-5H2,1H3,(H,13,14). The molecule has 1 unspecified atom stereocenters. The molecule has 9 heteroatoms. The number of carboxylic acid groups (broad SMARTS) is 1. The van der Waals surface area contributed by atoms with Gasteiger partial charge >= 0.3 is 5.97 Å². The molecule has 0 aromatic carbocycles. The summed E-state index contributed by atoms with van der Waals surface area (Å²) in [7, 11) is -2.99. The molecule has 0 saturated carbocycles. The highest BCUT2D eigenvalue weighted by Gasteiger charge is 2.31. The van der Waals surface area contributed by atoms with E-state index in [1.807, 2.05) is 0 Å². The first-order chi connectivity index (χ1) is 8.39. The number of thioether (sulfide) groups is 1. The van der Waals surface area contributed by atoms with Gasteiger partial charge in [-0.2, -0.15) is 0 Å². The quantitative estimate of drug-likeness (QED) is 0.786. The van der Waals surface area contributed by atoms with E-state index in [1.165, 1.54) is 0 Å². The molecule has 1 aliphatic rings. The zero-order valence-electron chi connectivity index (χ0n) is 9.74. The molecular formula is C9H13N3O4S2. The van der Waals surface area contributed by atoms with E-state index >= 15 is 0 Å². The summed E-state index contributed by atoms with van der Waals surface area (Å²) in [5.41, 5.74) is 0. The van der Waals surface area contributed by atoms with Gasteiger partial charge in [0.05, 0.1) is 23.3 Å². The third kappa shape index (κ3) is 2.83. The lowest BCUT2D eigenvalue weighted by Crippen LogP contribution is -2.14. The lowest BCUT2D eigenvalue weighted by molar-refractivity contribution is -0.133. The Bertz CT molecular complexity index is 566. The molecular weight excluding hydrogens is 278 g/mol. The molecule has 7 nitrogen and oxygen atoms in total. The number of hydrogen-bond acceptors (Lipinski definition) is 6. The largest absolute Gasteiger partial charge is 0.481 e. The maximum Gasteiger partial charge on any atom is 0.313 e. The van der Waals surface area contributed by atoms with Gasteiger partial charge in [-0.05, 0) is 13.3 Å². The average Bonchev–Trinajstić information content (AvgIpc) is 2.78. The van der Waals surface area contributed by atoms with Crippen LogP contribution in [0.3, 0.4) is 0 Å². The fourth-order valence-electron chi connectivity index (χ4n) is 1.97. The molecule has 0 amide bonds. The topological polar surface area (TPSA) is 102 Å². The molecule has 1 fully saturated rings. The number of rotatable bonds is 4. The van der Waals surface area contributed by atoms with Crippen LogP contribution < -0.4 is 0 Å². The Labute approximate surface area is 109 Å². The first kappa shape index (κ1) is 13.3. The Morgan fingerprint density at radius 2 is 2.28 bits per heavy atom. The van der Waals surface area contributed by atoms with Crippen LogP contribution in [0.2, 0.25) is 0 Å². The van der Waals surface area contributed by atoms with Crippen molar-refractivity contribution < 1.29 is 18.3 Å². The number of sulfone groups is 1. The highest BCUT2D eigenvalue weighted by atomic mass is 32.2. The van der Waals surface area contributed by atoms with Gasteiger partial charge in [-0.3, -0.25) is 4.79 Å². The molecule has 1 aromatic heterocycles. The van der Waals surface area contributed by atoms with E-state index in [9.17, 15) is 13.2 Å². The van der Waals surface area contributed by atoms with Crippen LogP contribution in [0.25, 0.3) is 0 Å². The van der Waals surface area contributed by atoms with E-state index in [-0.39, 0.29) is 23.3 Å². The number of carbonyl (C=O) groups is 1. The van der Waals surface area contributed by atoms with Gasteiger partial charge in [-0.15, -0.1) is 10.2 Å². The molecule has 1 N–H and O–H groups in total. The average molecular weight is 291 g/mol. The summed E-state index contributed by atoms with van der Waals surface area (Å²) in [4.78, 5) is 10.5. The van der Waals surface area contributed by atoms with Crippen LogP contribution >= 0.6 is 11.8 Å². The molecule has 18 heavy (non-hydrogen) atoms.